The standard InChI is InChI=1S/C22H22O6S/c1-3-13-27-20-9-6-18(7-10-20)5-4-14-29(25,26)15-12-19-8-11-22(21(24)16-19)28-17(2)23/h3-4,6-12,14-16,24H,1,5,13H2,2H3/b14-4+,15-12+. The zero-order chi connectivity index (χ0) is 21.3. The average molecular weight is 414 g/mol. The quantitative estimate of drug-likeness (QED) is 0.379. The Morgan fingerprint density at radius 3 is 2.48 bits per heavy atom. The molecule has 2 aromatic carbocycles. The van der Waals surface area contributed by atoms with E-state index in [1.807, 2.05) is 24.3 Å². The zero-order valence-corrected chi connectivity index (χ0v) is 16.8. The van der Waals surface area contributed by atoms with Crippen LogP contribution in [0.1, 0.15) is 18.1 Å². The van der Waals surface area contributed by atoms with Crippen LogP contribution in [0, 0.1) is 0 Å². The van der Waals surface area contributed by atoms with Gasteiger partial charge in [0.05, 0.1) is 0 Å². The van der Waals surface area contributed by atoms with Crippen molar-refractivity contribution in [3.05, 3.63) is 83.1 Å². The summed E-state index contributed by atoms with van der Waals surface area (Å²) in [5, 5.41) is 12.0. The second kappa shape index (κ2) is 10.3. The highest BCUT2D eigenvalue weighted by atomic mass is 32.2. The number of rotatable bonds is 9. The fourth-order valence-corrected chi connectivity index (χ4v) is 3.10. The second-order valence-electron chi connectivity index (χ2n) is 6.03. The molecule has 7 heteroatoms. The molecule has 0 unspecified atom stereocenters. The predicted octanol–water partition coefficient (Wildman–Crippen LogP) is 4.02. The Labute approximate surface area is 170 Å². The number of carbonyl (C=O) groups excluding carboxylic acids is 1. The number of ether oxygens (including phenoxy) is 2. The molecule has 0 amide bonds. The van der Waals surface area contributed by atoms with Gasteiger partial charge in [-0.1, -0.05) is 36.9 Å². The molecule has 0 radical (unpaired) electrons. The summed E-state index contributed by atoms with van der Waals surface area (Å²) >= 11 is 0. The number of phenolic OH excluding ortho intramolecular Hbond substituents is 1. The number of hydrogen-bond donors (Lipinski definition) is 1. The van der Waals surface area contributed by atoms with Crippen LogP contribution in [0.2, 0.25) is 0 Å². The number of aromatic hydroxyl groups is 1. The zero-order valence-electron chi connectivity index (χ0n) is 15.9. The lowest BCUT2D eigenvalue weighted by Crippen LogP contribution is -2.01. The Balaban J connectivity index is 1.97. The molecular weight excluding hydrogens is 392 g/mol. The Hall–Kier alpha value is -3.32. The Morgan fingerprint density at radius 1 is 1.14 bits per heavy atom. The number of phenols is 1. The van der Waals surface area contributed by atoms with E-state index >= 15 is 0 Å². The molecule has 0 aliphatic carbocycles. The van der Waals surface area contributed by atoms with Gasteiger partial charge < -0.3 is 14.6 Å². The monoisotopic (exact) mass is 414 g/mol. The molecule has 1 N–H and O–H groups in total. The second-order valence-corrected chi connectivity index (χ2v) is 7.75. The van der Waals surface area contributed by atoms with Crippen molar-refractivity contribution in [1.82, 2.24) is 0 Å². The minimum absolute atomic E-state index is 0.0123. The molecule has 0 fully saturated rings. The van der Waals surface area contributed by atoms with Gasteiger partial charge in [0.2, 0.25) is 0 Å². The van der Waals surface area contributed by atoms with Crippen LogP contribution in [0.3, 0.4) is 0 Å². The van der Waals surface area contributed by atoms with E-state index in [0.717, 1.165) is 22.1 Å². The molecule has 29 heavy (non-hydrogen) atoms. The predicted molar refractivity (Wildman–Crippen MR) is 112 cm³/mol. The fraction of sp³-hybridized carbons (Fsp3) is 0.136. The van der Waals surface area contributed by atoms with Crippen LogP contribution in [-0.4, -0.2) is 26.1 Å². The summed E-state index contributed by atoms with van der Waals surface area (Å²) in [4.78, 5) is 10.9. The van der Waals surface area contributed by atoms with Gasteiger partial charge >= 0.3 is 5.97 Å². The lowest BCUT2D eigenvalue weighted by atomic mass is 10.1. The van der Waals surface area contributed by atoms with Gasteiger partial charge in [0.25, 0.3) is 0 Å². The minimum atomic E-state index is -3.58. The average Bonchev–Trinajstić information content (AvgIpc) is 2.67. The summed E-state index contributed by atoms with van der Waals surface area (Å²) in [6, 6.07) is 11.6. The molecule has 152 valence electrons. The van der Waals surface area contributed by atoms with Crippen molar-refractivity contribution in [3.63, 3.8) is 0 Å². The van der Waals surface area contributed by atoms with E-state index in [9.17, 15) is 18.3 Å². The summed E-state index contributed by atoms with van der Waals surface area (Å²) in [6.45, 7) is 5.23. The Kier molecular flexibility index (Phi) is 7.79. The van der Waals surface area contributed by atoms with Gasteiger partial charge in [0.15, 0.2) is 21.3 Å². The lowest BCUT2D eigenvalue weighted by Gasteiger charge is -2.04. The first-order chi connectivity index (χ1) is 13.8. The Morgan fingerprint density at radius 2 is 1.86 bits per heavy atom. The first-order valence-electron chi connectivity index (χ1n) is 8.73. The highest BCUT2D eigenvalue weighted by Gasteiger charge is 2.06. The van der Waals surface area contributed by atoms with Crippen molar-refractivity contribution in [3.8, 4) is 17.2 Å². The molecule has 0 saturated heterocycles. The maximum atomic E-state index is 12.1. The molecule has 0 heterocycles. The van der Waals surface area contributed by atoms with E-state index in [1.165, 1.54) is 31.2 Å². The van der Waals surface area contributed by atoms with Crippen LogP contribution in [0.5, 0.6) is 17.2 Å². The smallest absolute Gasteiger partial charge is 0.308 e. The molecule has 0 aliphatic rings. The number of allylic oxidation sites excluding steroid dienone is 1. The summed E-state index contributed by atoms with van der Waals surface area (Å²) < 4.78 is 34.5. The van der Waals surface area contributed by atoms with E-state index in [2.05, 4.69) is 6.58 Å². The lowest BCUT2D eigenvalue weighted by molar-refractivity contribution is -0.132. The first-order valence-corrected chi connectivity index (χ1v) is 10.3. The van der Waals surface area contributed by atoms with E-state index in [-0.39, 0.29) is 11.5 Å². The Bertz CT molecular complexity index is 1020. The summed E-state index contributed by atoms with van der Waals surface area (Å²) in [7, 11) is -3.58. The SMILES string of the molecule is C=CCOc1ccc(C/C=C/S(=O)(=O)/C=C/c2ccc(OC(C)=O)c(O)c2)cc1. The van der Waals surface area contributed by atoms with Gasteiger partial charge in [-0.05, 0) is 47.9 Å². The third kappa shape index (κ3) is 7.67. The van der Waals surface area contributed by atoms with Crippen LogP contribution in [0.25, 0.3) is 6.08 Å². The molecule has 6 nitrogen and oxygen atoms in total. The molecule has 0 atom stereocenters. The van der Waals surface area contributed by atoms with Gasteiger partial charge in [0, 0.05) is 17.7 Å². The minimum Gasteiger partial charge on any atom is -0.504 e. The van der Waals surface area contributed by atoms with Gasteiger partial charge in [-0.15, -0.1) is 0 Å². The van der Waals surface area contributed by atoms with Gasteiger partial charge in [0.1, 0.15) is 12.4 Å². The van der Waals surface area contributed by atoms with Crippen molar-refractivity contribution in [2.75, 3.05) is 6.61 Å². The molecule has 0 aliphatic heterocycles. The topological polar surface area (TPSA) is 89.9 Å². The van der Waals surface area contributed by atoms with Crippen molar-refractivity contribution in [1.29, 1.82) is 0 Å². The molecule has 0 aromatic heterocycles. The van der Waals surface area contributed by atoms with Crippen LogP contribution in [0.4, 0.5) is 0 Å². The van der Waals surface area contributed by atoms with E-state index in [0.29, 0.717) is 18.6 Å². The van der Waals surface area contributed by atoms with Crippen molar-refractivity contribution < 1.29 is 27.8 Å². The number of esters is 1. The molecule has 2 rings (SSSR count). The molecular formula is C22H22O6S. The summed E-state index contributed by atoms with van der Waals surface area (Å²) in [6.07, 6.45) is 5.01. The van der Waals surface area contributed by atoms with Crippen LogP contribution in [-0.2, 0) is 21.1 Å². The van der Waals surface area contributed by atoms with Crippen molar-refractivity contribution in [2.24, 2.45) is 0 Å². The molecule has 2 aromatic rings. The number of hydrogen-bond acceptors (Lipinski definition) is 6. The number of sulfone groups is 1. The van der Waals surface area contributed by atoms with Crippen LogP contribution < -0.4 is 9.47 Å². The van der Waals surface area contributed by atoms with Crippen molar-refractivity contribution in [2.45, 2.75) is 13.3 Å². The fourth-order valence-electron chi connectivity index (χ4n) is 2.29. The summed E-state index contributed by atoms with van der Waals surface area (Å²) in [5.41, 5.74) is 1.39. The van der Waals surface area contributed by atoms with Crippen LogP contribution >= 0.6 is 0 Å². The van der Waals surface area contributed by atoms with Crippen molar-refractivity contribution >= 4 is 21.9 Å². The van der Waals surface area contributed by atoms with E-state index in [1.54, 1.807) is 12.2 Å². The molecule has 0 spiro atoms. The van der Waals surface area contributed by atoms with Gasteiger partial charge in [-0.3, -0.25) is 4.79 Å². The first kappa shape index (κ1) is 22.0. The summed E-state index contributed by atoms with van der Waals surface area (Å²) in [5.74, 6) is -0.0829. The third-order valence-corrected chi connectivity index (χ3v) is 4.70. The largest absolute Gasteiger partial charge is 0.504 e. The van der Waals surface area contributed by atoms with Gasteiger partial charge in [-0.2, -0.15) is 0 Å². The highest BCUT2D eigenvalue weighted by Crippen LogP contribution is 2.27. The van der Waals surface area contributed by atoms with Crippen LogP contribution in [0.15, 0.2) is 72.0 Å². The third-order valence-electron chi connectivity index (χ3n) is 3.62. The maximum absolute atomic E-state index is 12.1. The van der Waals surface area contributed by atoms with Gasteiger partial charge in [-0.25, -0.2) is 8.42 Å². The normalized spacial score (nSPS) is 11.6. The van der Waals surface area contributed by atoms with E-state index in [4.69, 9.17) is 9.47 Å². The highest BCUT2D eigenvalue weighted by molar-refractivity contribution is 7.97. The van der Waals surface area contributed by atoms with E-state index < -0.39 is 15.8 Å². The molecule has 0 saturated carbocycles. The number of carbonyl (C=O) groups is 1. The maximum Gasteiger partial charge on any atom is 0.308 e. The molecule has 0 bridgehead atoms. The number of benzene rings is 2.